The molecule has 0 radical (unpaired) electrons. The van der Waals surface area contributed by atoms with Gasteiger partial charge in [-0.25, -0.2) is 14.2 Å². The van der Waals surface area contributed by atoms with Crippen LogP contribution in [0, 0.1) is 0 Å². The molecule has 0 amide bonds. The van der Waals surface area contributed by atoms with Crippen molar-refractivity contribution < 1.29 is 37.6 Å². The third kappa shape index (κ3) is 12.0. The van der Waals surface area contributed by atoms with Crippen molar-refractivity contribution in [3.63, 3.8) is 0 Å². The second-order valence-electron chi connectivity index (χ2n) is 3.59. The van der Waals surface area contributed by atoms with Crippen molar-refractivity contribution in [2.75, 3.05) is 26.4 Å². The van der Waals surface area contributed by atoms with E-state index in [4.69, 9.17) is 4.89 Å². The van der Waals surface area contributed by atoms with Gasteiger partial charge < -0.3 is 14.4 Å². The van der Waals surface area contributed by atoms with Crippen LogP contribution in [0.4, 0.5) is 0 Å². The number of phosphoric ester groups is 1. The van der Waals surface area contributed by atoms with E-state index < -0.39 is 19.8 Å². The van der Waals surface area contributed by atoms with E-state index in [1.54, 1.807) is 0 Å². The summed E-state index contributed by atoms with van der Waals surface area (Å²) in [6.07, 6.45) is 3.33. The zero-order chi connectivity index (χ0) is 16.1. The van der Waals surface area contributed by atoms with Crippen molar-refractivity contribution in [2.45, 2.75) is 12.8 Å². The molecule has 0 unspecified atom stereocenters. The first-order valence-electron chi connectivity index (χ1n) is 6.11. The molecule has 21 heavy (non-hydrogen) atoms. The third-order valence-corrected chi connectivity index (χ3v) is 2.93. The molecular weight excluding hydrogens is 303 g/mol. The molecule has 1 saturated heterocycles. The third-order valence-electron chi connectivity index (χ3n) is 1.91. The fourth-order valence-electron chi connectivity index (χ4n) is 0.978. The average Bonchev–Trinajstić information content (AvgIpc) is 2.46. The number of esters is 2. The highest BCUT2D eigenvalue weighted by Crippen LogP contribution is 2.45. The second-order valence-corrected chi connectivity index (χ2v) is 5.04. The lowest BCUT2D eigenvalue weighted by atomic mass is 10.5. The van der Waals surface area contributed by atoms with Crippen molar-refractivity contribution in [3.05, 3.63) is 25.3 Å². The van der Waals surface area contributed by atoms with Crippen LogP contribution in [0.5, 0.6) is 0 Å². The first kappa shape index (κ1) is 19.5. The van der Waals surface area contributed by atoms with Gasteiger partial charge >= 0.3 is 19.8 Å². The quantitative estimate of drug-likeness (QED) is 0.338. The maximum absolute atomic E-state index is 10.5. The first-order chi connectivity index (χ1) is 9.91. The maximum atomic E-state index is 10.5. The van der Waals surface area contributed by atoms with Crippen molar-refractivity contribution in [1.82, 2.24) is 0 Å². The molecule has 0 aromatic rings. The minimum absolute atomic E-state index is 0.218. The molecule has 1 aliphatic heterocycles. The number of hydrogen-bond donors (Lipinski definition) is 1. The van der Waals surface area contributed by atoms with Gasteiger partial charge in [0.2, 0.25) is 0 Å². The molecular formula is C12H19O8P. The van der Waals surface area contributed by atoms with Gasteiger partial charge in [0.1, 0.15) is 0 Å². The number of ether oxygens (including phenoxy) is 2. The smallest absolute Gasteiger partial charge is 0.462 e. The summed E-state index contributed by atoms with van der Waals surface area (Å²) in [4.78, 5) is 29.5. The lowest BCUT2D eigenvalue weighted by molar-refractivity contribution is -0.140. The Hall–Kier alpha value is -1.47. The molecule has 120 valence electrons. The van der Waals surface area contributed by atoms with E-state index in [-0.39, 0.29) is 13.2 Å². The fraction of sp³-hybridized carbons (Fsp3) is 0.500. The molecule has 9 heteroatoms. The molecule has 1 fully saturated rings. The molecule has 1 aliphatic rings. The van der Waals surface area contributed by atoms with Crippen molar-refractivity contribution >= 4 is 19.8 Å². The van der Waals surface area contributed by atoms with Gasteiger partial charge in [0.25, 0.3) is 0 Å². The largest absolute Gasteiger partial charge is 0.472 e. The van der Waals surface area contributed by atoms with Gasteiger partial charge in [-0.2, -0.15) is 0 Å². The highest BCUT2D eigenvalue weighted by Gasteiger charge is 2.23. The Morgan fingerprint density at radius 3 is 1.81 bits per heavy atom. The minimum atomic E-state index is -3.59. The van der Waals surface area contributed by atoms with Crippen LogP contribution in [-0.4, -0.2) is 43.3 Å². The minimum Gasteiger partial charge on any atom is -0.462 e. The number of hydrogen-bond acceptors (Lipinski definition) is 7. The Labute approximate surface area is 122 Å². The fourth-order valence-corrected chi connectivity index (χ4v) is 1.77. The zero-order valence-electron chi connectivity index (χ0n) is 11.6. The standard InChI is InChI=1S/C9H12O4.C3H7O4P/c1-3-8(10)12-6-5-7-13-9(11)4-2;4-8(5)6-2-1-3-7-8/h3-4H,1-2,5-7H2;1-3H2,(H,4,5). The topological polar surface area (TPSA) is 108 Å². The summed E-state index contributed by atoms with van der Waals surface area (Å²) in [5.74, 6) is -0.954. The SMILES string of the molecule is C=CC(=O)OCCCOC(=O)C=C.O=P1(O)OCCCO1. The summed E-state index contributed by atoms with van der Waals surface area (Å²) in [5.41, 5.74) is 0. The Morgan fingerprint density at radius 2 is 1.52 bits per heavy atom. The molecule has 0 aromatic heterocycles. The summed E-state index contributed by atoms with van der Waals surface area (Å²) in [6, 6.07) is 0. The first-order valence-corrected chi connectivity index (χ1v) is 7.61. The van der Waals surface area contributed by atoms with Crippen LogP contribution >= 0.6 is 7.82 Å². The van der Waals surface area contributed by atoms with E-state index in [1.165, 1.54) is 0 Å². The molecule has 0 atom stereocenters. The Morgan fingerprint density at radius 1 is 1.10 bits per heavy atom. The van der Waals surface area contributed by atoms with Crippen molar-refractivity contribution in [1.29, 1.82) is 0 Å². The van der Waals surface area contributed by atoms with Crippen LogP contribution in [0.3, 0.4) is 0 Å². The van der Waals surface area contributed by atoms with Crippen LogP contribution in [0.2, 0.25) is 0 Å². The van der Waals surface area contributed by atoms with Crippen LogP contribution in [0.15, 0.2) is 25.3 Å². The van der Waals surface area contributed by atoms with Gasteiger partial charge in [-0.3, -0.25) is 9.05 Å². The average molecular weight is 322 g/mol. The molecule has 1 heterocycles. The van der Waals surface area contributed by atoms with Gasteiger partial charge in [-0.15, -0.1) is 0 Å². The molecule has 1 rings (SSSR count). The van der Waals surface area contributed by atoms with Gasteiger partial charge in [-0.05, 0) is 6.42 Å². The molecule has 0 bridgehead atoms. The van der Waals surface area contributed by atoms with Crippen LogP contribution in [-0.2, 0) is 32.7 Å². The van der Waals surface area contributed by atoms with Crippen LogP contribution in [0.25, 0.3) is 0 Å². The normalized spacial score (nSPS) is 15.9. The van der Waals surface area contributed by atoms with E-state index in [9.17, 15) is 14.2 Å². The van der Waals surface area contributed by atoms with Crippen molar-refractivity contribution in [2.24, 2.45) is 0 Å². The van der Waals surface area contributed by atoms with Gasteiger partial charge in [0.05, 0.1) is 26.4 Å². The van der Waals surface area contributed by atoms with E-state index in [0.29, 0.717) is 26.1 Å². The summed E-state index contributed by atoms with van der Waals surface area (Å²) < 4.78 is 28.3. The molecule has 1 N–H and O–H groups in total. The summed E-state index contributed by atoms with van der Waals surface area (Å²) in [7, 11) is -3.59. The lowest BCUT2D eigenvalue weighted by Gasteiger charge is -2.16. The van der Waals surface area contributed by atoms with E-state index in [1.807, 2.05) is 0 Å². The number of carbonyl (C=O) groups is 2. The predicted molar refractivity (Wildman–Crippen MR) is 73.3 cm³/mol. The second kappa shape index (κ2) is 11.2. The molecule has 0 aliphatic carbocycles. The van der Waals surface area contributed by atoms with Crippen molar-refractivity contribution in [3.8, 4) is 0 Å². The maximum Gasteiger partial charge on any atom is 0.472 e. The Bertz CT molecular complexity index is 374. The highest BCUT2D eigenvalue weighted by molar-refractivity contribution is 7.47. The molecule has 0 aromatic carbocycles. The predicted octanol–water partition coefficient (Wildman–Crippen LogP) is 1.36. The highest BCUT2D eigenvalue weighted by atomic mass is 31.2. The lowest BCUT2D eigenvalue weighted by Crippen LogP contribution is -2.07. The summed E-state index contributed by atoms with van der Waals surface area (Å²) in [6.45, 7) is 7.55. The zero-order valence-corrected chi connectivity index (χ0v) is 12.5. The van der Waals surface area contributed by atoms with E-state index in [0.717, 1.165) is 12.2 Å². The van der Waals surface area contributed by atoms with Gasteiger partial charge in [-0.1, -0.05) is 13.2 Å². The Balaban J connectivity index is 0.000000423. The van der Waals surface area contributed by atoms with Gasteiger partial charge in [0.15, 0.2) is 0 Å². The number of phosphoric acid groups is 1. The van der Waals surface area contributed by atoms with E-state index in [2.05, 4.69) is 31.7 Å². The Kier molecular flexibility index (Phi) is 10.4. The van der Waals surface area contributed by atoms with E-state index >= 15 is 0 Å². The number of carbonyl (C=O) groups excluding carboxylic acids is 2. The van der Waals surface area contributed by atoms with Crippen LogP contribution in [0.1, 0.15) is 12.8 Å². The summed E-state index contributed by atoms with van der Waals surface area (Å²) >= 11 is 0. The number of rotatable bonds is 6. The monoisotopic (exact) mass is 322 g/mol. The molecule has 8 nitrogen and oxygen atoms in total. The summed E-state index contributed by atoms with van der Waals surface area (Å²) in [5, 5.41) is 0. The van der Waals surface area contributed by atoms with Crippen LogP contribution < -0.4 is 0 Å². The van der Waals surface area contributed by atoms with Gasteiger partial charge in [0, 0.05) is 18.6 Å². The molecule has 0 saturated carbocycles. The molecule has 0 spiro atoms.